The normalized spacial score (nSPS) is 10.2. The van der Waals surface area contributed by atoms with Gasteiger partial charge in [0, 0.05) is 5.56 Å². The molecule has 104 valence electrons. The predicted molar refractivity (Wildman–Crippen MR) is 78.3 cm³/mol. The van der Waals surface area contributed by atoms with Crippen molar-refractivity contribution in [2.45, 2.75) is 13.5 Å². The van der Waals surface area contributed by atoms with E-state index in [4.69, 9.17) is 19.5 Å². The van der Waals surface area contributed by atoms with Crippen molar-refractivity contribution in [3.8, 4) is 11.5 Å². The molecule has 0 saturated heterocycles. The minimum absolute atomic E-state index is 0.393. The second kappa shape index (κ2) is 6.46. The van der Waals surface area contributed by atoms with Gasteiger partial charge in [0.25, 0.3) is 0 Å². The number of methoxy groups -OCH3 is 1. The van der Waals surface area contributed by atoms with E-state index in [0.29, 0.717) is 17.8 Å². The molecule has 0 radical (unpaired) electrons. The minimum Gasteiger partial charge on any atom is -0.496 e. The number of aryl methyl sites for hydroxylation is 1. The Balaban J connectivity index is 2.09. The highest BCUT2D eigenvalue weighted by atomic mass is 16.5. The van der Waals surface area contributed by atoms with Crippen molar-refractivity contribution in [3.05, 3.63) is 53.6 Å². The first kappa shape index (κ1) is 14.4. The number of hydrogen-bond donors (Lipinski definition) is 2. The summed E-state index contributed by atoms with van der Waals surface area (Å²) in [6, 6.07) is 12.8. The van der Waals surface area contributed by atoms with Crippen molar-refractivity contribution < 1.29 is 19.5 Å². The van der Waals surface area contributed by atoms with Crippen molar-refractivity contribution in [3.63, 3.8) is 0 Å². The fourth-order valence-electron chi connectivity index (χ4n) is 2.01. The van der Waals surface area contributed by atoms with Crippen LogP contribution in [0.4, 0.5) is 0 Å². The summed E-state index contributed by atoms with van der Waals surface area (Å²) >= 11 is 0. The number of benzene rings is 2. The topological polar surface area (TPSA) is 58.9 Å². The number of rotatable bonds is 5. The van der Waals surface area contributed by atoms with Crippen LogP contribution >= 0.6 is 0 Å². The van der Waals surface area contributed by atoms with E-state index in [1.54, 1.807) is 25.3 Å². The fourth-order valence-corrected chi connectivity index (χ4v) is 2.01. The zero-order chi connectivity index (χ0) is 14.5. The van der Waals surface area contributed by atoms with Gasteiger partial charge in [-0.15, -0.1) is 0 Å². The first-order chi connectivity index (χ1) is 9.61. The Kier molecular flexibility index (Phi) is 4.66. The van der Waals surface area contributed by atoms with Gasteiger partial charge in [-0.05, 0) is 36.1 Å². The van der Waals surface area contributed by atoms with E-state index >= 15 is 0 Å². The van der Waals surface area contributed by atoms with Gasteiger partial charge in [0.15, 0.2) is 0 Å². The molecule has 4 nitrogen and oxygen atoms in total. The van der Waals surface area contributed by atoms with E-state index < -0.39 is 7.12 Å². The van der Waals surface area contributed by atoms with E-state index in [0.717, 1.165) is 16.9 Å². The first-order valence-corrected chi connectivity index (χ1v) is 6.33. The number of hydrogen-bond acceptors (Lipinski definition) is 4. The Morgan fingerprint density at radius 2 is 1.85 bits per heavy atom. The molecule has 0 saturated carbocycles. The van der Waals surface area contributed by atoms with Gasteiger partial charge in [-0.1, -0.05) is 24.3 Å². The maximum absolute atomic E-state index is 9.17. The van der Waals surface area contributed by atoms with Crippen LogP contribution in [-0.4, -0.2) is 24.3 Å². The summed E-state index contributed by atoms with van der Waals surface area (Å²) in [5.74, 6) is 1.46. The van der Waals surface area contributed by atoms with Gasteiger partial charge < -0.3 is 19.5 Å². The van der Waals surface area contributed by atoms with E-state index in [1.165, 1.54) is 0 Å². The van der Waals surface area contributed by atoms with Gasteiger partial charge in [0.2, 0.25) is 0 Å². The molecule has 2 rings (SSSR count). The summed E-state index contributed by atoms with van der Waals surface area (Å²) in [7, 11) is 0.165. The molecule has 0 heterocycles. The lowest BCUT2D eigenvalue weighted by Gasteiger charge is -2.12. The van der Waals surface area contributed by atoms with Crippen LogP contribution < -0.4 is 14.9 Å². The summed E-state index contributed by atoms with van der Waals surface area (Å²) in [6.07, 6.45) is 0. The zero-order valence-electron chi connectivity index (χ0n) is 11.5. The third-order valence-electron chi connectivity index (χ3n) is 3.11. The molecule has 2 aromatic rings. The predicted octanol–water partition coefficient (Wildman–Crippen LogP) is 1.26. The molecule has 5 heteroatoms. The highest BCUT2D eigenvalue weighted by Crippen LogP contribution is 2.20. The third kappa shape index (κ3) is 3.32. The quantitative estimate of drug-likeness (QED) is 0.804. The van der Waals surface area contributed by atoms with Gasteiger partial charge >= 0.3 is 7.12 Å². The van der Waals surface area contributed by atoms with E-state index in [1.807, 2.05) is 31.2 Å². The van der Waals surface area contributed by atoms with Crippen molar-refractivity contribution in [1.82, 2.24) is 0 Å². The molecule has 0 aliphatic rings. The van der Waals surface area contributed by atoms with Crippen molar-refractivity contribution in [2.75, 3.05) is 7.11 Å². The number of para-hydroxylation sites is 1. The first-order valence-electron chi connectivity index (χ1n) is 6.33. The molecule has 0 bridgehead atoms. The average Bonchev–Trinajstić information content (AvgIpc) is 2.45. The Morgan fingerprint density at radius 1 is 1.10 bits per heavy atom. The Hall–Kier alpha value is -1.98. The molecule has 0 spiro atoms. The van der Waals surface area contributed by atoms with Crippen LogP contribution in [-0.2, 0) is 6.61 Å². The second-order valence-corrected chi connectivity index (χ2v) is 4.49. The number of ether oxygens (including phenoxy) is 2. The lowest BCUT2D eigenvalue weighted by molar-refractivity contribution is 0.296. The molecular weight excluding hydrogens is 255 g/mol. The van der Waals surface area contributed by atoms with E-state index in [9.17, 15) is 0 Å². The van der Waals surface area contributed by atoms with Crippen LogP contribution in [0.25, 0.3) is 0 Å². The largest absolute Gasteiger partial charge is 0.496 e. The van der Waals surface area contributed by atoms with Crippen LogP contribution in [0, 0.1) is 6.92 Å². The molecule has 0 amide bonds. The van der Waals surface area contributed by atoms with Crippen LogP contribution in [0.3, 0.4) is 0 Å². The van der Waals surface area contributed by atoms with Crippen molar-refractivity contribution >= 4 is 12.6 Å². The zero-order valence-corrected chi connectivity index (χ0v) is 11.5. The van der Waals surface area contributed by atoms with E-state index in [2.05, 4.69) is 0 Å². The van der Waals surface area contributed by atoms with Gasteiger partial charge in [0.1, 0.15) is 18.1 Å². The summed E-state index contributed by atoms with van der Waals surface area (Å²) < 4.78 is 11.0. The van der Waals surface area contributed by atoms with Crippen molar-refractivity contribution in [1.29, 1.82) is 0 Å². The molecule has 20 heavy (non-hydrogen) atoms. The monoisotopic (exact) mass is 272 g/mol. The summed E-state index contributed by atoms with van der Waals surface area (Å²) in [5, 5.41) is 18.3. The van der Waals surface area contributed by atoms with Gasteiger partial charge in [-0.25, -0.2) is 0 Å². The maximum Gasteiger partial charge on any atom is 0.488 e. The van der Waals surface area contributed by atoms with Gasteiger partial charge in [0.05, 0.1) is 7.11 Å². The highest BCUT2D eigenvalue weighted by Gasteiger charge is 2.14. The van der Waals surface area contributed by atoms with Crippen LogP contribution in [0.1, 0.15) is 11.1 Å². The van der Waals surface area contributed by atoms with Crippen molar-refractivity contribution in [2.24, 2.45) is 0 Å². The molecule has 0 aliphatic carbocycles. The molecule has 0 fully saturated rings. The Labute approximate surface area is 118 Å². The molecular formula is C15H17BO4. The highest BCUT2D eigenvalue weighted by molar-refractivity contribution is 6.59. The third-order valence-corrected chi connectivity index (χ3v) is 3.11. The smallest absolute Gasteiger partial charge is 0.488 e. The van der Waals surface area contributed by atoms with Crippen LogP contribution in [0.2, 0.25) is 0 Å². The Morgan fingerprint density at radius 3 is 2.50 bits per heavy atom. The Bertz CT molecular complexity index is 584. The molecule has 0 aliphatic heterocycles. The fraction of sp³-hybridized carbons (Fsp3) is 0.200. The lowest BCUT2D eigenvalue weighted by Crippen LogP contribution is -2.31. The van der Waals surface area contributed by atoms with Gasteiger partial charge in [-0.2, -0.15) is 0 Å². The SMILES string of the molecule is COc1ccccc1COc1ccc(B(O)O)c(C)c1. The van der Waals surface area contributed by atoms with Gasteiger partial charge in [-0.3, -0.25) is 0 Å². The van der Waals surface area contributed by atoms with Crippen LogP contribution in [0.15, 0.2) is 42.5 Å². The molecule has 2 aromatic carbocycles. The summed E-state index contributed by atoms with van der Waals surface area (Å²) in [5.41, 5.74) is 2.21. The molecule has 0 unspecified atom stereocenters. The molecule has 2 N–H and O–H groups in total. The van der Waals surface area contributed by atoms with Crippen LogP contribution in [0.5, 0.6) is 11.5 Å². The minimum atomic E-state index is -1.46. The standard InChI is InChI=1S/C15H17BO4/c1-11-9-13(7-8-14(11)16(17)18)20-10-12-5-3-4-6-15(12)19-2/h3-9,17-18H,10H2,1-2H3. The average molecular weight is 272 g/mol. The van der Waals surface area contributed by atoms with E-state index in [-0.39, 0.29) is 0 Å². The molecule has 0 atom stereocenters. The summed E-state index contributed by atoms with van der Waals surface area (Å²) in [4.78, 5) is 0. The summed E-state index contributed by atoms with van der Waals surface area (Å²) in [6.45, 7) is 2.20. The lowest BCUT2D eigenvalue weighted by atomic mass is 9.77. The second-order valence-electron chi connectivity index (χ2n) is 4.49. The maximum atomic E-state index is 9.17. The molecule has 0 aromatic heterocycles.